The van der Waals surface area contributed by atoms with Crippen LogP contribution in [0.25, 0.3) is 0 Å². The molecule has 2 aliphatic carbocycles. The van der Waals surface area contributed by atoms with Gasteiger partial charge in [0.05, 0.1) is 24.7 Å². The summed E-state index contributed by atoms with van der Waals surface area (Å²) in [5, 5.41) is 11.8. The van der Waals surface area contributed by atoms with Gasteiger partial charge in [0.1, 0.15) is 0 Å². The van der Waals surface area contributed by atoms with Crippen molar-refractivity contribution in [1.29, 1.82) is 0 Å². The average molecular weight is 383 g/mol. The molecule has 1 aromatic carbocycles. The second-order valence-electron chi connectivity index (χ2n) is 8.05. The number of rotatable bonds is 2. The van der Waals surface area contributed by atoms with Crippen LogP contribution in [0.4, 0.5) is 13.2 Å². The van der Waals surface area contributed by atoms with Crippen LogP contribution in [-0.4, -0.2) is 59.9 Å². The van der Waals surface area contributed by atoms with Crippen LogP contribution in [0.15, 0.2) is 12.1 Å². The van der Waals surface area contributed by atoms with Crippen molar-refractivity contribution < 1.29 is 32.5 Å². The van der Waals surface area contributed by atoms with Gasteiger partial charge in [0, 0.05) is 24.6 Å². The van der Waals surface area contributed by atoms with E-state index in [0.29, 0.717) is 17.9 Å². The maximum Gasteiger partial charge on any atom is 0.401 e. The van der Waals surface area contributed by atoms with Gasteiger partial charge in [0.2, 0.25) is 0 Å². The molecule has 5 rings (SSSR count). The summed E-state index contributed by atoms with van der Waals surface area (Å²) in [6.07, 6.45) is -4.41. The molecule has 0 radical (unpaired) electrons. The first-order valence-corrected chi connectivity index (χ1v) is 9.14. The summed E-state index contributed by atoms with van der Waals surface area (Å²) >= 11 is 0. The molecule has 1 aromatic rings. The molecule has 5 nitrogen and oxygen atoms in total. The topological polar surface area (TPSA) is 59.0 Å². The number of benzene rings is 1. The number of halogens is 3. The fourth-order valence-corrected chi connectivity index (χ4v) is 5.98. The molecular formula is C19H20F3NO4. The van der Waals surface area contributed by atoms with E-state index in [1.54, 1.807) is 6.07 Å². The zero-order valence-corrected chi connectivity index (χ0v) is 14.8. The number of methoxy groups -OCH3 is 1. The van der Waals surface area contributed by atoms with Gasteiger partial charge < -0.3 is 14.6 Å². The third-order valence-electron chi connectivity index (χ3n) is 6.96. The van der Waals surface area contributed by atoms with Gasteiger partial charge in [-0.15, -0.1) is 0 Å². The van der Waals surface area contributed by atoms with Gasteiger partial charge in [0.15, 0.2) is 23.4 Å². The number of ether oxygens (including phenoxy) is 2. The van der Waals surface area contributed by atoms with E-state index < -0.39 is 35.9 Å². The number of carbonyl (C=O) groups is 1. The number of piperidine rings is 1. The van der Waals surface area contributed by atoms with Crippen LogP contribution in [-0.2, 0) is 16.6 Å². The Kier molecular flexibility index (Phi) is 3.31. The molecule has 4 aliphatic rings. The fraction of sp³-hybridized carbons (Fsp3) is 0.632. The first-order chi connectivity index (χ1) is 12.7. The summed E-state index contributed by atoms with van der Waals surface area (Å²) in [5.74, 6) is 0.856. The number of alkyl halides is 3. The van der Waals surface area contributed by atoms with Crippen molar-refractivity contribution in [1.82, 2.24) is 4.90 Å². The number of carbonyl (C=O) groups excluding carboxylic acids is 1. The number of nitrogens with zero attached hydrogens (tertiary/aromatic N) is 1. The molecule has 4 atom stereocenters. The molecule has 0 unspecified atom stereocenters. The monoisotopic (exact) mass is 383 g/mol. The Morgan fingerprint density at radius 3 is 2.85 bits per heavy atom. The molecule has 1 N–H and O–H groups in total. The fourth-order valence-electron chi connectivity index (χ4n) is 5.98. The minimum atomic E-state index is -4.34. The van der Waals surface area contributed by atoms with Gasteiger partial charge in [-0.2, -0.15) is 13.2 Å². The van der Waals surface area contributed by atoms with Crippen molar-refractivity contribution >= 4 is 5.78 Å². The average Bonchev–Trinajstić information content (AvgIpc) is 2.95. The smallest absolute Gasteiger partial charge is 0.401 e. The van der Waals surface area contributed by atoms with Crippen molar-refractivity contribution in [2.24, 2.45) is 0 Å². The molecule has 1 saturated heterocycles. The summed E-state index contributed by atoms with van der Waals surface area (Å²) in [7, 11) is 1.51. The van der Waals surface area contributed by atoms with E-state index in [1.807, 2.05) is 6.07 Å². The number of Topliss-reactive ketones (excluding diaryl/α,β-unsaturated/α-hetero) is 1. The lowest BCUT2D eigenvalue weighted by atomic mass is 9.49. The lowest BCUT2D eigenvalue weighted by Gasteiger charge is -2.62. The van der Waals surface area contributed by atoms with Crippen LogP contribution < -0.4 is 9.47 Å². The molecule has 1 saturated carbocycles. The number of aliphatic hydroxyl groups is 1. The van der Waals surface area contributed by atoms with Crippen LogP contribution in [0, 0.1) is 0 Å². The summed E-state index contributed by atoms with van der Waals surface area (Å²) in [5.41, 5.74) is -0.818. The van der Waals surface area contributed by atoms with Crippen molar-refractivity contribution in [2.45, 2.75) is 55.0 Å². The third kappa shape index (κ3) is 2.00. The van der Waals surface area contributed by atoms with Crippen molar-refractivity contribution in [2.75, 3.05) is 20.2 Å². The lowest BCUT2D eigenvalue weighted by Crippen LogP contribution is -2.77. The standard InChI is InChI=1S/C19H20F3NO4/c1-26-12-3-2-10-8-13-18(25)5-4-11(24)16-17(18,14(10)15(12)27-16)6-7-23(13)9-19(20,21)22/h2-3,13,16,25H,4-9H2,1H3/t13-,16+,17+,18-/m1/s1. The zero-order chi connectivity index (χ0) is 19.2. The molecule has 0 amide bonds. The van der Waals surface area contributed by atoms with E-state index in [-0.39, 0.29) is 31.6 Å². The summed E-state index contributed by atoms with van der Waals surface area (Å²) in [6.45, 7) is -0.899. The van der Waals surface area contributed by atoms with Gasteiger partial charge in [-0.3, -0.25) is 9.69 Å². The quantitative estimate of drug-likeness (QED) is 0.847. The van der Waals surface area contributed by atoms with Gasteiger partial charge in [-0.25, -0.2) is 0 Å². The first-order valence-electron chi connectivity index (χ1n) is 9.14. The SMILES string of the molecule is COc1ccc2c3c1O[C@H]1C(=O)CC[C@@]4(O)[C@@H](C2)N(CC(F)(F)F)CC[C@]314. The van der Waals surface area contributed by atoms with Crippen molar-refractivity contribution in [3.63, 3.8) is 0 Å². The first kappa shape index (κ1) is 17.3. The molecule has 8 heteroatoms. The molecule has 27 heavy (non-hydrogen) atoms. The number of hydrogen-bond donors (Lipinski definition) is 1. The Balaban J connectivity index is 1.72. The Bertz CT molecular complexity index is 841. The van der Waals surface area contributed by atoms with E-state index in [4.69, 9.17) is 9.47 Å². The van der Waals surface area contributed by atoms with E-state index >= 15 is 0 Å². The Labute approximate surface area is 154 Å². The molecular weight excluding hydrogens is 363 g/mol. The summed E-state index contributed by atoms with van der Waals surface area (Å²) in [6, 6.07) is 2.85. The van der Waals surface area contributed by atoms with E-state index in [2.05, 4.69) is 0 Å². The Morgan fingerprint density at radius 2 is 2.15 bits per heavy atom. The van der Waals surface area contributed by atoms with Crippen LogP contribution in [0.1, 0.15) is 30.4 Å². The predicted octanol–water partition coefficient (Wildman–Crippen LogP) is 1.98. The minimum Gasteiger partial charge on any atom is -0.493 e. The Hall–Kier alpha value is -1.80. The van der Waals surface area contributed by atoms with Gasteiger partial charge in [-0.1, -0.05) is 6.07 Å². The van der Waals surface area contributed by atoms with Crippen molar-refractivity contribution in [3.8, 4) is 11.5 Å². The highest BCUT2D eigenvalue weighted by Gasteiger charge is 2.73. The Morgan fingerprint density at radius 1 is 1.37 bits per heavy atom. The predicted molar refractivity (Wildman–Crippen MR) is 88.0 cm³/mol. The molecule has 2 bridgehead atoms. The highest BCUT2D eigenvalue weighted by atomic mass is 19.4. The normalized spacial score (nSPS) is 37.0. The summed E-state index contributed by atoms with van der Waals surface area (Å²) < 4.78 is 50.8. The van der Waals surface area contributed by atoms with E-state index in [0.717, 1.165) is 11.1 Å². The minimum absolute atomic E-state index is 0.102. The molecule has 2 heterocycles. The number of ketones is 1. The molecule has 1 spiro atoms. The van der Waals surface area contributed by atoms with Crippen LogP contribution in [0.3, 0.4) is 0 Å². The second kappa shape index (κ2) is 5.17. The third-order valence-corrected chi connectivity index (χ3v) is 6.96. The molecule has 2 fully saturated rings. The van der Waals surface area contributed by atoms with E-state index in [1.165, 1.54) is 12.0 Å². The lowest BCUT2D eigenvalue weighted by molar-refractivity contribution is -0.212. The van der Waals surface area contributed by atoms with Gasteiger partial charge >= 0.3 is 6.18 Å². The zero-order valence-electron chi connectivity index (χ0n) is 14.8. The van der Waals surface area contributed by atoms with E-state index in [9.17, 15) is 23.1 Å². The van der Waals surface area contributed by atoms with Crippen molar-refractivity contribution in [3.05, 3.63) is 23.3 Å². The summed E-state index contributed by atoms with van der Waals surface area (Å²) in [4.78, 5) is 14.0. The number of likely N-dealkylation sites (tertiary alicyclic amines) is 1. The number of hydrogen-bond acceptors (Lipinski definition) is 5. The van der Waals surface area contributed by atoms with Crippen LogP contribution >= 0.6 is 0 Å². The maximum absolute atomic E-state index is 13.1. The molecule has 146 valence electrons. The van der Waals surface area contributed by atoms with Gasteiger partial charge in [-0.05, 0) is 30.9 Å². The molecule has 2 aliphatic heterocycles. The van der Waals surface area contributed by atoms with Crippen LogP contribution in [0.2, 0.25) is 0 Å². The largest absolute Gasteiger partial charge is 0.493 e. The maximum atomic E-state index is 13.1. The highest BCUT2D eigenvalue weighted by Crippen LogP contribution is 2.64. The second-order valence-corrected chi connectivity index (χ2v) is 8.05. The highest BCUT2D eigenvalue weighted by molar-refractivity contribution is 5.90. The molecule has 0 aromatic heterocycles. The van der Waals surface area contributed by atoms with Crippen LogP contribution in [0.5, 0.6) is 11.5 Å². The van der Waals surface area contributed by atoms with Gasteiger partial charge in [0.25, 0.3) is 0 Å².